The minimum absolute atomic E-state index is 0.193. The first kappa shape index (κ1) is 11.3. The third-order valence-corrected chi connectivity index (χ3v) is 3.08. The van der Waals surface area contributed by atoms with Gasteiger partial charge in [-0.2, -0.15) is 0 Å². The summed E-state index contributed by atoms with van der Waals surface area (Å²) < 4.78 is 7.00. The van der Waals surface area contributed by atoms with Gasteiger partial charge in [-0.1, -0.05) is 0 Å². The zero-order valence-corrected chi connectivity index (χ0v) is 9.43. The standard InChI is InChI=1S/C11H17N3O2/c1-12-10(9-3-6-16-8-9)7-14-5-2-4-13-11(14)15/h2,4-5,9-10,12H,3,6-8H2,1H3. The molecule has 0 aromatic carbocycles. The molecule has 16 heavy (non-hydrogen) atoms. The Labute approximate surface area is 94.5 Å². The van der Waals surface area contributed by atoms with Crippen LogP contribution in [0, 0.1) is 5.92 Å². The molecule has 0 spiro atoms. The Morgan fingerprint density at radius 2 is 2.62 bits per heavy atom. The number of hydrogen-bond donors (Lipinski definition) is 1. The lowest BCUT2D eigenvalue weighted by Crippen LogP contribution is -2.40. The molecule has 1 fully saturated rings. The molecule has 0 amide bonds. The maximum atomic E-state index is 11.5. The number of hydrogen-bond acceptors (Lipinski definition) is 4. The smallest absolute Gasteiger partial charge is 0.347 e. The molecule has 0 bridgehead atoms. The van der Waals surface area contributed by atoms with Gasteiger partial charge in [0, 0.05) is 37.5 Å². The van der Waals surface area contributed by atoms with Gasteiger partial charge in [-0.3, -0.25) is 4.57 Å². The van der Waals surface area contributed by atoms with E-state index in [-0.39, 0.29) is 11.7 Å². The van der Waals surface area contributed by atoms with Crippen molar-refractivity contribution in [1.82, 2.24) is 14.9 Å². The Kier molecular flexibility index (Phi) is 3.69. The van der Waals surface area contributed by atoms with E-state index in [0.717, 1.165) is 19.6 Å². The fourth-order valence-corrected chi connectivity index (χ4v) is 2.08. The van der Waals surface area contributed by atoms with E-state index >= 15 is 0 Å². The van der Waals surface area contributed by atoms with E-state index in [1.54, 1.807) is 16.8 Å². The third kappa shape index (κ3) is 2.48. The van der Waals surface area contributed by atoms with Gasteiger partial charge in [-0.05, 0) is 19.5 Å². The summed E-state index contributed by atoms with van der Waals surface area (Å²) >= 11 is 0. The largest absolute Gasteiger partial charge is 0.381 e. The van der Waals surface area contributed by atoms with Crippen molar-refractivity contribution in [2.75, 3.05) is 20.3 Å². The van der Waals surface area contributed by atoms with Crippen molar-refractivity contribution in [1.29, 1.82) is 0 Å². The average molecular weight is 223 g/mol. The van der Waals surface area contributed by atoms with Crippen molar-refractivity contribution in [3.8, 4) is 0 Å². The normalized spacial score (nSPS) is 22.2. The first-order chi connectivity index (χ1) is 7.81. The molecule has 0 aliphatic carbocycles. The molecule has 2 atom stereocenters. The Morgan fingerprint density at radius 1 is 1.75 bits per heavy atom. The lowest BCUT2D eigenvalue weighted by atomic mass is 9.99. The fraction of sp³-hybridized carbons (Fsp3) is 0.636. The summed E-state index contributed by atoms with van der Waals surface area (Å²) in [6.07, 6.45) is 4.35. The topological polar surface area (TPSA) is 56.2 Å². The number of likely N-dealkylation sites (N-methyl/N-ethyl adjacent to an activating group) is 1. The van der Waals surface area contributed by atoms with Gasteiger partial charge in [0.2, 0.25) is 0 Å². The number of rotatable bonds is 4. The van der Waals surface area contributed by atoms with E-state index in [9.17, 15) is 4.79 Å². The molecular weight excluding hydrogens is 206 g/mol. The van der Waals surface area contributed by atoms with Crippen molar-refractivity contribution in [2.24, 2.45) is 5.92 Å². The second-order valence-corrected chi connectivity index (χ2v) is 4.07. The summed E-state index contributed by atoms with van der Waals surface area (Å²) in [5, 5.41) is 3.25. The lowest BCUT2D eigenvalue weighted by molar-refractivity contribution is 0.174. The van der Waals surface area contributed by atoms with Gasteiger partial charge in [0.15, 0.2) is 0 Å². The van der Waals surface area contributed by atoms with Crippen molar-refractivity contribution in [3.05, 3.63) is 28.9 Å². The minimum Gasteiger partial charge on any atom is -0.381 e. The number of nitrogens with zero attached hydrogens (tertiary/aromatic N) is 2. The third-order valence-electron chi connectivity index (χ3n) is 3.08. The minimum atomic E-state index is -0.193. The zero-order valence-electron chi connectivity index (χ0n) is 9.43. The molecule has 0 saturated carbocycles. The molecule has 2 unspecified atom stereocenters. The summed E-state index contributed by atoms with van der Waals surface area (Å²) in [7, 11) is 1.92. The quantitative estimate of drug-likeness (QED) is 0.772. The molecule has 1 saturated heterocycles. The van der Waals surface area contributed by atoms with Crippen LogP contribution in [0.3, 0.4) is 0 Å². The number of ether oxygens (including phenoxy) is 1. The van der Waals surface area contributed by atoms with Gasteiger partial charge in [0.05, 0.1) is 6.61 Å². The highest BCUT2D eigenvalue weighted by Crippen LogP contribution is 2.17. The van der Waals surface area contributed by atoms with Gasteiger partial charge in [-0.15, -0.1) is 0 Å². The van der Waals surface area contributed by atoms with Crippen molar-refractivity contribution in [3.63, 3.8) is 0 Å². The van der Waals surface area contributed by atoms with Gasteiger partial charge < -0.3 is 10.1 Å². The van der Waals surface area contributed by atoms with Crippen LogP contribution in [-0.2, 0) is 11.3 Å². The van der Waals surface area contributed by atoms with Crippen molar-refractivity contribution < 1.29 is 4.74 Å². The predicted molar refractivity (Wildman–Crippen MR) is 60.3 cm³/mol. The van der Waals surface area contributed by atoms with Crippen molar-refractivity contribution in [2.45, 2.75) is 19.0 Å². The Bertz CT molecular complexity index is 385. The highest BCUT2D eigenvalue weighted by molar-refractivity contribution is 4.85. The molecule has 5 nitrogen and oxygen atoms in total. The van der Waals surface area contributed by atoms with Crippen LogP contribution in [0.4, 0.5) is 0 Å². The Balaban J connectivity index is 2.06. The van der Waals surface area contributed by atoms with Crippen LogP contribution in [-0.4, -0.2) is 35.9 Å². The van der Waals surface area contributed by atoms with Crippen LogP contribution < -0.4 is 11.0 Å². The Morgan fingerprint density at radius 3 is 3.25 bits per heavy atom. The van der Waals surface area contributed by atoms with Crippen LogP contribution in [0.15, 0.2) is 23.3 Å². The highest BCUT2D eigenvalue weighted by Gasteiger charge is 2.24. The van der Waals surface area contributed by atoms with E-state index in [2.05, 4.69) is 10.3 Å². The van der Waals surface area contributed by atoms with Crippen LogP contribution in [0.2, 0.25) is 0 Å². The molecule has 1 N–H and O–H groups in total. The van der Waals surface area contributed by atoms with E-state index in [0.29, 0.717) is 12.5 Å². The first-order valence-electron chi connectivity index (χ1n) is 5.57. The maximum absolute atomic E-state index is 11.5. The van der Waals surface area contributed by atoms with E-state index < -0.39 is 0 Å². The predicted octanol–water partition coefficient (Wildman–Crippen LogP) is -0.132. The van der Waals surface area contributed by atoms with Crippen LogP contribution >= 0.6 is 0 Å². The summed E-state index contributed by atoms with van der Waals surface area (Å²) in [4.78, 5) is 15.2. The van der Waals surface area contributed by atoms with E-state index in [1.165, 1.54) is 6.20 Å². The summed E-state index contributed by atoms with van der Waals surface area (Å²) in [6.45, 7) is 2.25. The molecule has 1 aromatic heterocycles. The summed E-state index contributed by atoms with van der Waals surface area (Å²) in [5.74, 6) is 0.483. The zero-order chi connectivity index (χ0) is 11.4. The molecule has 5 heteroatoms. The van der Waals surface area contributed by atoms with E-state index in [1.807, 2.05) is 7.05 Å². The van der Waals surface area contributed by atoms with Crippen molar-refractivity contribution >= 4 is 0 Å². The average Bonchev–Trinajstić information content (AvgIpc) is 2.81. The van der Waals surface area contributed by atoms with Gasteiger partial charge in [-0.25, -0.2) is 9.78 Å². The summed E-state index contributed by atoms with van der Waals surface area (Å²) in [6, 6.07) is 2.05. The molecule has 2 heterocycles. The highest BCUT2D eigenvalue weighted by atomic mass is 16.5. The molecule has 1 aromatic rings. The summed E-state index contributed by atoms with van der Waals surface area (Å²) in [5.41, 5.74) is -0.193. The lowest BCUT2D eigenvalue weighted by Gasteiger charge is -2.22. The van der Waals surface area contributed by atoms with E-state index in [4.69, 9.17) is 4.74 Å². The first-order valence-corrected chi connectivity index (χ1v) is 5.57. The molecular formula is C11H17N3O2. The second kappa shape index (κ2) is 5.23. The fourth-order valence-electron chi connectivity index (χ4n) is 2.08. The monoisotopic (exact) mass is 223 g/mol. The molecule has 0 radical (unpaired) electrons. The second-order valence-electron chi connectivity index (χ2n) is 4.07. The van der Waals surface area contributed by atoms with Crippen LogP contribution in [0.5, 0.6) is 0 Å². The SMILES string of the molecule is CNC(Cn1cccnc1=O)C1CCOC1. The maximum Gasteiger partial charge on any atom is 0.347 e. The van der Waals surface area contributed by atoms with Gasteiger partial charge in [0.25, 0.3) is 0 Å². The number of nitrogens with one attached hydrogen (secondary N) is 1. The Hall–Kier alpha value is -1.20. The van der Waals surface area contributed by atoms with Gasteiger partial charge >= 0.3 is 5.69 Å². The molecule has 2 rings (SSSR count). The molecule has 1 aliphatic rings. The molecule has 1 aliphatic heterocycles. The molecule has 88 valence electrons. The van der Waals surface area contributed by atoms with Gasteiger partial charge in [0.1, 0.15) is 0 Å². The van der Waals surface area contributed by atoms with Crippen LogP contribution in [0.25, 0.3) is 0 Å². The number of aromatic nitrogens is 2. The van der Waals surface area contributed by atoms with Crippen LogP contribution in [0.1, 0.15) is 6.42 Å².